The number of aromatic nitrogens is 1. The van der Waals surface area contributed by atoms with Gasteiger partial charge in [0.25, 0.3) is 0 Å². The van der Waals surface area contributed by atoms with E-state index in [4.69, 9.17) is 20.8 Å². The zero-order valence-corrected chi connectivity index (χ0v) is 17.1. The summed E-state index contributed by atoms with van der Waals surface area (Å²) < 4.78 is 38.0. The van der Waals surface area contributed by atoms with Crippen LogP contribution in [0.25, 0.3) is 11.1 Å². The quantitative estimate of drug-likeness (QED) is 0.563. The number of carbonyl (C=O) groups excluding carboxylic acids is 1. The molecule has 1 saturated heterocycles. The minimum atomic E-state index is -3.77. The van der Waals surface area contributed by atoms with Crippen molar-refractivity contribution in [3.05, 3.63) is 58.9 Å². The summed E-state index contributed by atoms with van der Waals surface area (Å²) in [6.45, 7) is 0.737. The highest BCUT2D eigenvalue weighted by molar-refractivity contribution is 7.89. The monoisotopic (exact) mass is 434 g/mol. The Morgan fingerprint density at radius 1 is 1.14 bits per heavy atom. The molecule has 2 aromatic carbocycles. The van der Waals surface area contributed by atoms with Crippen molar-refractivity contribution in [2.24, 2.45) is 0 Å². The molecule has 3 aromatic rings. The molecule has 0 saturated carbocycles. The molecule has 0 N–H and O–H groups in total. The number of hydrogen-bond donors (Lipinski definition) is 0. The van der Waals surface area contributed by atoms with Crippen LogP contribution in [0.5, 0.6) is 0 Å². The van der Waals surface area contributed by atoms with Crippen molar-refractivity contribution in [1.82, 2.24) is 9.29 Å². The molecule has 1 aliphatic rings. The number of oxazole rings is 1. The van der Waals surface area contributed by atoms with E-state index < -0.39 is 16.0 Å². The number of esters is 1. The van der Waals surface area contributed by atoms with Crippen LogP contribution in [0.1, 0.15) is 35.5 Å². The number of halogens is 1. The second kappa shape index (κ2) is 8.14. The van der Waals surface area contributed by atoms with Crippen molar-refractivity contribution >= 4 is 38.7 Å². The Labute approximate surface area is 173 Å². The lowest BCUT2D eigenvalue weighted by atomic mass is 10.2. The Morgan fingerprint density at radius 3 is 2.66 bits per heavy atom. The smallest absolute Gasteiger partial charge is 0.338 e. The lowest BCUT2D eigenvalue weighted by Gasteiger charge is -2.26. The van der Waals surface area contributed by atoms with Gasteiger partial charge in [-0.15, -0.1) is 0 Å². The van der Waals surface area contributed by atoms with E-state index in [9.17, 15) is 13.2 Å². The van der Waals surface area contributed by atoms with Crippen LogP contribution in [-0.2, 0) is 21.4 Å². The molecule has 1 aromatic heterocycles. The first-order valence-corrected chi connectivity index (χ1v) is 11.1. The van der Waals surface area contributed by atoms with Gasteiger partial charge in [-0.1, -0.05) is 30.2 Å². The van der Waals surface area contributed by atoms with Gasteiger partial charge in [-0.25, -0.2) is 18.2 Å². The van der Waals surface area contributed by atoms with E-state index >= 15 is 0 Å². The molecule has 0 bridgehead atoms. The standard InChI is InChI=1S/C20H19ClN2O5S/c21-15-9-8-14(12-18(15)29(25,26)23-10-4-1-5-11-23)20(24)27-13-19-22-16-6-2-3-7-17(16)28-19/h2-3,6-9,12H,1,4-5,10-11,13H2. The summed E-state index contributed by atoms with van der Waals surface area (Å²) in [5, 5.41) is 0.0751. The SMILES string of the molecule is O=C(OCc1nc2ccccc2o1)c1ccc(Cl)c(S(=O)(=O)N2CCCCC2)c1. The predicted octanol–water partition coefficient (Wildman–Crippen LogP) is 4.01. The molecule has 0 unspecified atom stereocenters. The third-order valence-corrected chi connectivity index (χ3v) is 7.14. The van der Waals surface area contributed by atoms with E-state index in [0.29, 0.717) is 24.2 Å². The fraction of sp³-hybridized carbons (Fsp3) is 0.300. The molecule has 1 fully saturated rings. The number of rotatable bonds is 5. The maximum atomic E-state index is 12.9. The van der Waals surface area contributed by atoms with Crippen LogP contribution in [-0.4, -0.2) is 36.8 Å². The third-order valence-electron chi connectivity index (χ3n) is 4.76. The van der Waals surface area contributed by atoms with Gasteiger partial charge >= 0.3 is 5.97 Å². The second-order valence-corrected chi connectivity index (χ2v) is 9.07. The lowest BCUT2D eigenvalue weighted by Crippen LogP contribution is -2.35. The van der Waals surface area contributed by atoms with Crippen molar-refractivity contribution in [1.29, 1.82) is 0 Å². The molecule has 7 nitrogen and oxygen atoms in total. The number of ether oxygens (including phenoxy) is 1. The first-order valence-electron chi connectivity index (χ1n) is 9.26. The van der Waals surface area contributed by atoms with Gasteiger partial charge in [-0.2, -0.15) is 4.31 Å². The number of carbonyl (C=O) groups is 1. The third kappa shape index (κ3) is 4.14. The van der Waals surface area contributed by atoms with E-state index in [1.165, 1.54) is 22.5 Å². The van der Waals surface area contributed by atoms with Gasteiger partial charge in [0.05, 0.1) is 10.6 Å². The van der Waals surface area contributed by atoms with Crippen LogP contribution in [0.15, 0.2) is 51.8 Å². The maximum absolute atomic E-state index is 12.9. The fourth-order valence-electron chi connectivity index (χ4n) is 3.26. The molecular weight excluding hydrogens is 416 g/mol. The molecule has 29 heavy (non-hydrogen) atoms. The number of sulfonamides is 1. The summed E-state index contributed by atoms with van der Waals surface area (Å²) in [5.74, 6) is -0.423. The number of hydrogen-bond acceptors (Lipinski definition) is 6. The minimum Gasteiger partial charge on any atom is -0.452 e. The van der Waals surface area contributed by atoms with Gasteiger partial charge in [0.1, 0.15) is 10.4 Å². The van der Waals surface area contributed by atoms with E-state index in [2.05, 4.69) is 4.98 Å². The average molecular weight is 435 g/mol. The predicted molar refractivity (Wildman–Crippen MR) is 107 cm³/mol. The normalized spacial score (nSPS) is 15.5. The van der Waals surface area contributed by atoms with E-state index in [1.807, 2.05) is 12.1 Å². The Bertz CT molecular complexity index is 1120. The molecule has 4 rings (SSSR count). The van der Waals surface area contributed by atoms with Crippen LogP contribution in [0.3, 0.4) is 0 Å². The van der Waals surface area contributed by atoms with Crippen LogP contribution >= 0.6 is 11.6 Å². The highest BCUT2D eigenvalue weighted by atomic mass is 35.5. The van der Waals surface area contributed by atoms with Crippen LogP contribution in [0.4, 0.5) is 0 Å². The van der Waals surface area contributed by atoms with Crippen molar-refractivity contribution < 1.29 is 22.4 Å². The summed E-state index contributed by atoms with van der Waals surface area (Å²) in [6, 6.07) is 11.3. The van der Waals surface area contributed by atoms with E-state index in [-0.39, 0.29) is 28.0 Å². The molecule has 2 heterocycles. The topological polar surface area (TPSA) is 89.7 Å². The Kier molecular flexibility index (Phi) is 5.58. The Morgan fingerprint density at radius 2 is 1.90 bits per heavy atom. The average Bonchev–Trinajstić information content (AvgIpc) is 3.16. The van der Waals surface area contributed by atoms with Crippen LogP contribution < -0.4 is 0 Å². The number of para-hydroxylation sites is 2. The summed E-state index contributed by atoms with van der Waals surface area (Å²) in [5.41, 5.74) is 1.36. The summed E-state index contributed by atoms with van der Waals surface area (Å²) in [4.78, 5) is 16.6. The van der Waals surface area contributed by atoms with E-state index in [1.54, 1.807) is 12.1 Å². The molecule has 0 radical (unpaired) electrons. The van der Waals surface area contributed by atoms with Gasteiger partial charge in [-0.3, -0.25) is 0 Å². The number of nitrogens with zero attached hydrogens (tertiary/aromatic N) is 2. The molecule has 152 valence electrons. The van der Waals surface area contributed by atoms with E-state index in [0.717, 1.165) is 19.3 Å². The van der Waals surface area contributed by atoms with Crippen LogP contribution in [0.2, 0.25) is 5.02 Å². The van der Waals surface area contributed by atoms with Crippen molar-refractivity contribution in [3.8, 4) is 0 Å². The van der Waals surface area contributed by atoms with Gasteiger partial charge in [0.15, 0.2) is 12.2 Å². The van der Waals surface area contributed by atoms with Gasteiger partial charge < -0.3 is 9.15 Å². The molecule has 9 heteroatoms. The van der Waals surface area contributed by atoms with Gasteiger partial charge in [0, 0.05) is 13.1 Å². The lowest BCUT2D eigenvalue weighted by molar-refractivity contribution is 0.0440. The van der Waals surface area contributed by atoms with Gasteiger partial charge in [-0.05, 0) is 43.2 Å². The first-order chi connectivity index (χ1) is 13.9. The number of benzene rings is 2. The zero-order valence-electron chi connectivity index (χ0n) is 15.5. The molecule has 1 aliphatic heterocycles. The summed E-state index contributed by atoms with van der Waals surface area (Å²) in [7, 11) is -3.77. The Hall–Kier alpha value is -2.42. The maximum Gasteiger partial charge on any atom is 0.338 e. The van der Waals surface area contributed by atoms with Crippen molar-refractivity contribution in [3.63, 3.8) is 0 Å². The summed E-state index contributed by atoms with van der Waals surface area (Å²) >= 11 is 6.14. The molecular formula is C20H19ClN2O5S. The van der Waals surface area contributed by atoms with Crippen LogP contribution in [0, 0.1) is 0 Å². The second-order valence-electron chi connectivity index (χ2n) is 6.76. The number of piperidine rings is 1. The molecule has 0 spiro atoms. The minimum absolute atomic E-state index is 0.0751. The van der Waals surface area contributed by atoms with Crippen molar-refractivity contribution in [2.75, 3.05) is 13.1 Å². The highest BCUT2D eigenvalue weighted by Gasteiger charge is 2.29. The van der Waals surface area contributed by atoms with Crippen molar-refractivity contribution in [2.45, 2.75) is 30.8 Å². The Balaban J connectivity index is 1.52. The highest BCUT2D eigenvalue weighted by Crippen LogP contribution is 2.28. The number of fused-ring (bicyclic) bond motifs is 1. The molecule has 0 amide bonds. The largest absolute Gasteiger partial charge is 0.452 e. The molecule has 0 atom stereocenters. The summed E-state index contributed by atoms with van der Waals surface area (Å²) in [6.07, 6.45) is 2.62. The fourth-order valence-corrected chi connectivity index (χ4v) is 5.28. The zero-order chi connectivity index (χ0) is 20.4. The molecule has 0 aliphatic carbocycles. The van der Waals surface area contributed by atoms with Gasteiger partial charge in [0.2, 0.25) is 15.9 Å². The first kappa shape index (κ1) is 19.9.